The molecule has 3 rings (SSSR count). The molecule has 0 aliphatic carbocycles. The van der Waals surface area contributed by atoms with Crippen LogP contribution >= 0.6 is 24.0 Å². The molecule has 1 aliphatic heterocycles. The Morgan fingerprint density at radius 2 is 2.08 bits per heavy atom. The number of nitrogens with zero attached hydrogens (tertiary/aromatic N) is 2. The summed E-state index contributed by atoms with van der Waals surface area (Å²) in [6.45, 7) is 6.69. The number of carbonyl (C=O) groups is 1. The largest absolute Gasteiger partial charge is 0.338 e. The van der Waals surface area contributed by atoms with Gasteiger partial charge in [0.2, 0.25) is 0 Å². The number of halogens is 2. The molecule has 1 aromatic carbocycles. The number of hydrogen-bond donors (Lipinski definition) is 1. The third-order valence-corrected chi connectivity index (χ3v) is 5.26. The molecule has 0 radical (unpaired) electrons. The second-order valence-electron chi connectivity index (χ2n) is 6.92. The maximum Gasteiger partial charge on any atom is 0.255 e. The number of aryl methyl sites for hydroxylation is 1. The van der Waals surface area contributed by atoms with Crippen LogP contribution in [0, 0.1) is 19.8 Å². The van der Waals surface area contributed by atoms with E-state index in [9.17, 15) is 4.79 Å². The maximum atomic E-state index is 13.1. The van der Waals surface area contributed by atoms with Gasteiger partial charge in [-0.25, -0.2) is 0 Å². The molecule has 4 nitrogen and oxygen atoms in total. The maximum absolute atomic E-state index is 13.1. The topological polar surface area (TPSA) is 37.3 Å². The molecule has 26 heavy (non-hydrogen) atoms. The molecule has 0 saturated carbocycles. The summed E-state index contributed by atoms with van der Waals surface area (Å²) in [5.74, 6) is 0.682. The summed E-state index contributed by atoms with van der Waals surface area (Å²) in [6.07, 6.45) is 2.26. The van der Waals surface area contributed by atoms with E-state index in [1.807, 2.05) is 56.1 Å². The molecule has 6 heteroatoms. The van der Waals surface area contributed by atoms with E-state index < -0.39 is 0 Å². The van der Waals surface area contributed by atoms with Crippen molar-refractivity contribution in [3.63, 3.8) is 0 Å². The number of benzene rings is 1. The van der Waals surface area contributed by atoms with Crippen LogP contribution in [0.15, 0.2) is 30.3 Å². The van der Waals surface area contributed by atoms with Crippen molar-refractivity contribution in [2.45, 2.75) is 26.7 Å². The van der Waals surface area contributed by atoms with Gasteiger partial charge in [0.1, 0.15) is 0 Å². The minimum absolute atomic E-state index is 0. The van der Waals surface area contributed by atoms with Crippen molar-refractivity contribution in [2.75, 3.05) is 26.7 Å². The Kier molecular flexibility index (Phi) is 7.16. The molecule has 1 N–H and O–H groups in total. The van der Waals surface area contributed by atoms with E-state index in [1.54, 1.807) is 0 Å². The van der Waals surface area contributed by atoms with E-state index in [1.165, 1.54) is 6.42 Å². The van der Waals surface area contributed by atoms with Crippen molar-refractivity contribution in [1.82, 2.24) is 14.8 Å². The van der Waals surface area contributed by atoms with Gasteiger partial charge in [0.25, 0.3) is 5.91 Å². The van der Waals surface area contributed by atoms with Crippen LogP contribution in [0.4, 0.5) is 0 Å². The van der Waals surface area contributed by atoms with E-state index in [4.69, 9.17) is 11.6 Å². The Morgan fingerprint density at radius 3 is 2.77 bits per heavy atom. The zero-order valence-electron chi connectivity index (χ0n) is 15.6. The third-order valence-electron chi connectivity index (χ3n) is 5.03. The van der Waals surface area contributed by atoms with Crippen LogP contribution in [0.25, 0.3) is 5.69 Å². The van der Waals surface area contributed by atoms with E-state index in [-0.39, 0.29) is 18.3 Å². The minimum Gasteiger partial charge on any atom is -0.338 e. The summed E-state index contributed by atoms with van der Waals surface area (Å²) in [5.41, 5.74) is 3.81. The fraction of sp³-hybridized carbons (Fsp3) is 0.450. The summed E-state index contributed by atoms with van der Waals surface area (Å²) in [6, 6.07) is 9.75. The molecular weight excluding hydrogens is 369 g/mol. The minimum atomic E-state index is 0. The first-order valence-electron chi connectivity index (χ1n) is 8.90. The quantitative estimate of drug-likeness (QED) is 0.840. The summed E-state index contributed by atoms with van der Waals surface area (Å²) >= 11 is 6.14. The Balaban J connectivity index is 0.00000243. The molecule has 142 valence electrons. The van der Waals surface area contributed by atoms with Gasteiger partial charge in [-0.3, -0.25) is 4.79 Å². The predicted molar refractivity (Wildman–Crippen MR) is 110 cm³/mol. The molecule has 1 unspecified atom stereocenters. The lowest BCUT2D eigenvalue weighted by atomic mass is 9.97. The van der Waals surface area contributed by atoms with Crippen LogP contribution in [0.2, 0.25) is 5.02 Å². The summed E-state index contributed by atoms with van der Waals surface area (Å²) in [7, 11) is 1.97. The van der Waals surface area contributed by atoms with E-state index in [0.29, 0.717) is 10.9 Å². The summed E-state index contributed by atoms with van der Waals surface area (Å²) in [5, 5.41) is 3.93. The standard InChI is InChI=1S/C20H26ClN3O.ClH/c1-14-10-19(15(2)24(14)18-8-4-7-17(21)11-18)20(25)23-9-5-6-16(13-23)12-22-3;/h4,7-8,10-11,16,22H,5-6,9,12-13H2,1-3H3;1H. The lowest BCUT2D eigenvalue weighted by Crippen LogP contribution is -2.42. The summed E-state index contributed by atoms with van der Waals surface area (Å²) in [4.78, 5) is 15.1. The van der Waals surface area contributed by atoms with E-state index >= 15 is 0 Å². The molecule has 1 fully saturated rings. The van der Waals surface area contributed by atoms with Gasteiger partial charge < -0.3 is 14.8 Å². The van der Waals surface area contributed by atoms with Gasteiger partial charge in [0.05, 0.1) is 5.56 Å². The highest BCUT2D eigenvalue weighted by atomic mass is 35.5. The molecular formula is C20H27Cl2N3O. The first-order chi connectivity index (χ1) is 12.0. The van der Waals surface area contributed by atoms with Crippen molar-refractivity contribution in [2.24, 2.45) is 5.92 Å². The summed E-state index contributed by atoms with van der Waals surface area (Å²) < 4.78 is 2.11. The van der Waals surface area contributed by atoms with Crippen LogP contribution in [0.1, 0.15) is 34.6 Å². The number of piperidine rings is 1. The highest BCUT2D eigenvalue weighted by molar-refractivity contribution is 6.30. The molecule has 2 aromatic rings. The highest BCUT2D eigenvalue weighted by Crippen LogP contribution is 2.25. The lowest BCUT2D eigenvalue weighted by molar-refractivity contribution is 0.0673. The SMILES string of the molecule is CNCC1CCCN(C(=O)c2cc(C)n(-c3cccc(Cl)c3)c2C)C1.Cl. The normalized spacial score (nSPS) is 17.1. The zero-order chi connectivity index (χ0) is 18.0. The van der Waals surface area contributed by atoms with E-state index in [0.717, 1.165) is 48.7 Å². The van der Waals surface area contributed by atoms with Crippen molar-refractivity contribution in [1.29, 1.82) is 0 Å². The number of rotatable bonds is 4. The molecule has 1 amide bonds. The Hall–Kier alpha value is -1.49. The number of nitrogens with one attached hydrogen (secondary N) is 1. The number of likely N-dealkylation sites (tertiary alicyclic amines) is 1. The molecule has 1 aliphatic rings. The van der Waals surface area contributed by atoms with Crippen molar-refractivity contribution >= 4 is 29.9 Å². The molecule has 1 aromatic heterocycles. The average molecular weight is 396 g/mol. The van der Waals surface area contributed by atoms with Gasteiger partial charge >= 0.3 is 0 Å². The third kappa shape index (κ3) is 4.25. The van der Waals surface area contributed by atoms with Crippen molar-refractivity contribution in [3.05, 3.63) is 52.3 Å². The van der Waals surface area contributed by atoms with Crippen LogP contribution in [0.3, 0.4) is 0 Å². The molecule has 0 spiro atoms. The first kappa shape index (κ1) is 20.8. The Morgan fingerprint density at radius 1 is 1.31 bits per heavy atom. The Labute approximate surface area is 166 Å². The van der Waals surface area contributed by atoms with Gasteiger partial charge in [0.15, 0.2) is 0 Å². The number of amides is 1. The molecule has 1 atom stereocenters. The van der Waals surface area contributed by atoms with E-state index in [2.05, 4.69) is 9.88 Å². The van der Waals surface area contributed by atoms with Crippen LogP contribution in [-0.4, -0.2) is 42.1 Å². The fourth-order valence-corrected chi connectivity index (χ4v) is 4.05. The first-order valence-corrected chi connectivity index (χ1v) is 9.27. The van der Waals surface area contributed by atoms with Crippen LogP contribution < -0.4 is 5.32 Å². The second kappa shape index (κ2) is 8.94. The van der Waals surface area contributed by atoms with Crippen molar-refractivity contribution in [3.8, 4) is 5.69 Å². The molecule has 1 saturated heterocycles. The van der Waals surface area contributed by atoms with Crippen LogP contribution in [-0.2, 0) is 0 Å². The van der Waals surface area contributed by atoms with Crippen molar-refractivity contribution < 1.29 is 4.79 Å². The van der Waals surface area contributed by atoms with Gasteiger partial charge in [-0.05, 0) is 70.5 Å². The van der Waals surface area contributed by atoms with Gasteiger partial charge in [0, 0.05) is 35.2 Å². The smallest absolute Gasteiger partial charge is 0.255 e. The number of carbonyl (C=O) groups excluding carboxylic acids is 1. The zero-order valence-corrected chi connectivity index (χ0v) is 17.2. The second-order valence-corrected chi connectivity index (χ2v) is 7.35. The Bertz CT molecular complexity index is 770. The highest BCUT2D eigenvalue weighted by Gasteiger charge is 2.26. The van der Waals surface area contributed by atoms with Crippen LogP contribution in [0.5, 0.6) is 0 Å². The predicted octanol–water partition coefficient (Wildman–Crippen LogP) is 4.24. The molecule has 0 bridgehead atoms. The number of aromatic nitrogens is 1. The van der Waals surface area contributed by atoms with Gasteiger partial charge in [-0.1, -0.05) is 17.7 Å². The monoisotopic (exact) mass is 395 g/mol. The lowest BCUT2D eigenvalue weighted by Gasteiger charge is -2.32. The van der Waals surface area contributed by atoms with Gasteiger partial charge in [-0.15, -0.1) is 12.4 Å². The van der Waals surface area contributed by atoms with Gasteiger partial charge in [-0.2, -0.15) is 0 Å². The fourth-order valence-electron chi connectivity index (χ4n) is 3.87. The molecule has 2 heterocycles. The average Bonchev–Trinajstić information content (AvgIpc) is 2.89. The number of hydrogen-bond acceptors (Lipinski definition) is 2.